The van der Waals surface area contributed by atoms with E-state index in [1.807, 2.05) is 26.8 Å². The summed E-state index contributed by atoms with van der Waals surface area (Å²) in [6, 6.07) is 5.40. The highest BCUT2D eigenvalue weighted by Crippen LogP contribution is 2.28. The van der Waals surface area contributed by atoms with Gasteiger partial charge in [0.05, 0.1) is 25.1 Å². The lowest BCUT2D eigenvalue weighted by atomic mass is 10.2. The first kappa shape index (κ1) is 19.3. The van der Waals surface area contributed by atoms with Crippen molar-refractivity contribution < 1.29 is 17.9 Å². The van der Waals surface area contributed by atoms with Gasteiger partial charge in [-0.3, -0.25) is 4.68 Å². The maximum absolute atomic E-state index is 12.5. The predicted molar refractivity (Wildman–Crippen MR) is 95.4 cm³/mol. The molecule has 0 aliphatic carbocycles. The fraction of sp³-hybridized carbons (Fsp3) is 0.471. The molecule has 1 N–H and O–H groups in total. The number of nitrogens with zero attached hydrogens (tertiary/aromatic N) is 2. The van der Waals surface area contributed by atoms with E-state index in [4.69, 9.17) is 9.47 Å². The normalized spacial score (nSPS) is 11.5. The summed E-state index contributed by atoms with van der Waals surface area (Å²) in [6.45, 7) is 9.27. The van der Waals surface area contributed by atoms with Gasteiger partial charge in [-0.05, 0) is 45.4 Å². The highest BCUT2D eigenvalue weighted by atomic mass is 32.2. The first-order chi connectivity index (χ1) is 11.9. The minimum absolute atomic E-state index is 0.158. The Kier molecular flexibility index (Phi) is 6.44. The minimum Gasteiger partial charge on any atom is -0.490 e. The van der Waals surface area contributed by atoms with Crippen molar-refractivity contribution in [1.29, 1.82) is 0 Å². The van der Waals surface area contributed by atoms with Gasteiger partial charge in [-0.15, -0.1) is 0 Å². The number of sulfonamides is 1. The lowest BCUT2D eigenvalue weighted by Crippen LogP contribution is -2.23. The summed E-state index contributed by atoms with van der Waals surface area (Å²) in [5, 5.41) is 4.09. The second-order valence-corrected chi connectivity index (χ2v) is 7.12. The molecular formula is C17H25N3O4S. The van der Waals surface area contributed by atoms with Crippen LogP contribution in [0.4, 0.5) is 0 Å². The monoisotopic (exact) mass is 367 g/mol. The molecule has 2 rings (SSSR count). The Labute approximate surface area is 149 Å². The minimum atomic E-state index is -3.63. The van der Waals surface area contributed by atoms with Gasteiger partial charge in [-0.25, -0.2) is 13.1 Å². The van der Waals surface area contributed by atoms with Crippen LogP contribution in [0.3, 0.4) is 0 Å². The van der Waals surface area contributed by atoms with Crippen LogP contribution < -0.4 is 14.2 Å². The summed E-state index contributed by atoms with van der Waals surface area (Å²) in [5.41, 5.74) is 1.41. The van der Waals surface area contributed by atoms with E-state index in [0.717, 1.165) is 5.56 Å². The van der Waals surface area contributed by atoms with Crippen molar-refractivity contribution in [2.24, 2.45) is 0 Å². The Morgan fingerprint density at radius 2 is 1.80 bits per heavy atom. The van der Waals surface area contributed by atoms with E-state index >= 15 is 0 Å². The number of benzene rings is 1. The van der Waals surface area contributed by atoms with Crippen LogP contribution in [-0.4, -0.2) is 31.4 Å². The van der Waals surface area contributed by atoms with Crippen LogP contribution in [0.25, 0.3) is 0 Å². The van der Waals surface area contributed by atoms with Crippen LogP contribution in [0.1, 0.15) is 32.0 Å². The third-order valence-corrected chi connectivity index (χ3v) is 5.23. The molecule has 0 atom stereocenters. The quantitative estimate of drug-likeness (QED) is 0.736. The van der Waals surface area contributed by atoms with Crippen molar-refractivity contribution in [2.45, 2.75) is 45.7 Å². The molecule has 8 heteroatoms. The van der Waals surface area contributed by atoms with Crippen molar-refractivity contribution in [3.8, 4) is 11.5 Å². The number of aryl methyl sites for hydroxylation is 1. The molecule has 0 saturated carbocycles. The molecule has 1 heterocycles. The third-order valence-electron chi connectivity index (χ3n) is 3.72. The average Bonchev–Trinajstić information content (AvgIpc) is 2.97. The van der Waals surface area contributed by atoms with E-state index in [1.165, 1.54) is 6.20 Å². The Balaban J connectivity index is 2.16. The van der Waals surface area contributed by atoms with Crippen LogP contribution in [-0.2, 0) is 23.1 Å². The fourth-order valence-electron chi connectivity index (χ4n) is 2.47. The highest BCUT2D eigenvalue weighted by molar-refractivity contribution is 7.89. The smallest absolute Gasteiger partial charge is 0.244 e. The Morgan fingerprint density at radius 1 is 1.12 bits per heavy atom. The molecule has 0 unspecified atom stereocenters. The van der Waals surface area contributed by atoms with Crippen LogP contribution >= 0.6 is 0 Å². The molecule has 0 spiro atoms. The number of aromatic nitrogens is 2. The summed E-state index contributed by atoms with van der Waals surface area (Å²) in [7, 11) is -3.63. The summed E-state index contributed by atoms with van der Waals surface area (Å²) >= 11 is 0. The van der Waals surface area contributed by atoms with Gasteiger partial charge >= 0.3 is 0 Å². The largest absolute Gasteiger partial charge is 0.490 e. The Bertz CT molecular complexity index is 815. The lowest BCUT2D eigenvalue weighted by molar-refractivity contribution is 0.287. The standard InChI is InChI=1S/C17H25N3O4S/c1-5-20-13(4)17(12-18-20)25(21,22)19-11-14-8-9-15(23-6-2)16(10-14)24-7-3/h8-10,12,19H,5-7,11H2,1-4H3. The van der Waals surface area contributed by atoms with Gasteiger partial charge in [-0.1, -0.05) is 6.07 Å². The molecule has 0 fully saturated rings. The van der Waals surface area contributed by atoms with Crippen LogP contribution in [0, 0.1) is 6.92 Å². The van der Waals surface area contributed by atoms with Gasteiger partial charge < -0.3 is 9.47 Å². The van der Waals surface area contributed by atoms with E-state index in [2.05, 4.69) is 9.82 Å². The SMILES string of the molecule is CCOc1ccc(CNS(=O)(=O)c2cnn(CC)c2C)cc1OCC. The average molecular weight is 367 g/mol. The molecule has 7 nitrogen and oxygen atoms in total. The maximum atomic E-state index is 12.5. The molecule has 0 aliphatic rings. The van der Waals surface area contributed by atoms with Crippen LogP contribution in [0.2, 0.25) is 0 Å². The zero-order valence-corrected chi connectivity index (χ0v) is 15.9. The van der Waals surface area contributed by atoms with Gasteiger partial charge in [0.2, 0.25) is 10.0 Å². The number of ether oxygens (including phenoxy) is 2. The van der Waals surface area contributed by atoms with Gasteiger partial charge in [0, 0.05) is 13.1 Å². The van der Waals surface area contributed by atoms with E-state index in [-0.39, 0.29) is 11.4 Å². The van der Waals surface area contributed by atoms with Crippen molar-refractivity contribution in [3.05, 3.63) is 35.7 Å². The molecule has 0 amide bonds. The van der Waals surface area contributed by atoms with E-state index < -0.39 is 10.0 Å². The van der Waals surface area contributed by atoms with Crippen LogP contribution in [0.5, 0.6) is 11.5 Å². The van der Waals surface area contributed by atoms with Gasteiger partial charge in [0.1, 0.15) is 4.90 Å². The summed E-state index contributed by atoms with van der Waals surface area (Å²) < 4.78 is 40.4. The fourth-order valence-corrected chi connectivity index (χ4v) is 3.67. The number of hydrogen-bond donors (Lipinski definition) is 1. The van der Waals surface area contributed by atoms with Gasteiger partial charge in [-0.2, -0.15) is 5.10 Å². The Morgan fingerprint density at radius 3 is 2.40 bits per heavy atom. The lowest BCUT2D eigenvalue weighted by Gasteiger charge is -2.13. The molecule has 0 bridgehead atoms. The molecule has 0 aliphatic heterocycles. The van der Waals surface area contributed by atoms with Crippen molar-refractivity contribution in [3.63, 3.8) is 0 Å². The first-order valence-electron chi connectivity index (χ1n) is 8.33. The molecule has 2 aromatic rings. The zero-order valence-electron chi connectivity index (χ0n) is 15.1. The predicted octanol–water partition coefficient (Wildman–Crippen LogP) is 2.49. The number of nitrogens with one attached hydrogen (secondary N) is 1. The van der Waals surface area contributed by atoms with E-state index in [0.29, 0.717) is 37.0 Å². The molecule has 1 aromatic carbocycles. The van der Waals surface area contributed by atoms with Crippen molar-refractivity contribution in [2.75, 3.05) is 13.2 Å². The van der Waals surface area contributed by atoms with Crippen LogP contribution in [0.15, 0.2) is 29.3 Å². The molecule has 0 radical (unpaired) electrons. The second-order valence-electron chi connectivity index (χ2n) is 5.38. The van der Waals surface area contributed by atoms with Gasteiger partial charge in [0.15, 0.2) is 11.5 Å². The molecule has 0 saturated heterocycles. The highest BCUT2D eigenvalue weighted by Gasteiger charge is 2.20. The van der Waals surface area contributed by atoms with Crippen molar-refractivity contribution in [1.82, 2.24) is 14.5 Å². The summed E-state index contributed by atoms with van der Waals surface area (Å²) in [6.07, 6.45) is 1.38. The third kappa shape index (κ3) is 4.52. The molecule has 138 valence electrons. The summed E-state index contributed by atoms with van der Waals surface area (Å²) in [4.78, 5) is 0.199. The van der Waals surface area contributed by atoms with E-state index in [9.17, 15) is 8.42 Å². The number of rotatable bonds is 9. The van der Waals surface area contributed by atoms with Crippen molar-refractivity contribution >= 4 is 10.0 Å². The topological polar surface area (TPSA) is 82.5 Å². The molecular weight excluding hydrogens is 342 g/mol. The molecule has 1 aromatic heterocycles. The second kappa shape index (κ2) is 8.35. The Hall–Kier alpha value is -2.06. The summed E-state index contributed by atoms with van der Waals surface area (Å²) in [5.74, 6) is 1.26. The first-order valence-corrected chi connectivity index (χ1v) is 9.81. The molecule has 25 heavy (non-hydrogen) atoms. The van der Waals surface area contributed by atoms with Gasteiger partial charge in [0.25, 0.3) is 0 Å². The number of hydrogen-bond acceptors (Lipinski definition) is 5. The maximum Gasteiger partial charge on any atom is 0.244 e. The van der Waals surface area contributed by atoms with E-state index in [1.54, 1.807) is 23.7 Å². The zero-order chi connectivity index (χ0) is 18.4.